The van der Waals surface area contributed by atoms with Crippen molar-refractivity contribution in [2.45, 2.75) is 64.1 Å². The molecule has 0 amide bonds. The van der Waals surface area contributed by atoms with E-state index in [1.807, 2.05) is 18.2 Å². The number of allylic oxidation sites excluding steroid dienone is 2. The summed E-state index contributed by atoms with van der Waals surface area (Å²) in [6.45, 7) is 3.26. The molecule has 5 atom stereocenters. The lowest BCUT2D eigenvalue weighted by atomic mass is 9.88. The maximum absolute atomic E-state index is 10.6. The van der Waals surface area contributed by atoms with Gasteiger partial charge >= 0.3 is 0 Å². The Bertz CT molecular complexity index is 708. The number of aryl methyl sites for hydroxylation is 1. The number of aliphatic hydroxyl groups is 2. The Morgan fingerprint density at radius 3 is 2.72 bits per heavy atom. The summed E-state index contributed by atoms with van der Waals surface area (Å²) >= 11 is 0. The smallest absolute Gasteiger partial charge is 0.0761 e. The van der Waals surface area contributed by atoms with Crippen molar-refractivity contribution in [2.75, 3.05) is 20.6 Å². The Kier molecular flexibility index (Phi) is 8.11. The summed E-state index contributed by atoms with van der Waals surface area (Å²) in [4.78, 5) is 2.26. The molecular formula is C26H39NO2. The fourth-order valence-electron chi connectivity index (χ4n) is 5.14. The predicted octanol–water partition coefficient (Wildman–Crippen LogP) is 4.52. The Hall–Kier alpha value is -1.42. The first kappa shape index (κ1) is 22.3. The predicted molar refractivity (Wildman–Crippen MR) is 121 cm³/mol. The SMILES string of the molecule is Cc1ccccc1C[C@@H](O)/C=C/[C@@H]1[C@H]2CC(CCCCCN(C)C)=C[C@H]2C[C@H]1O. The quantitative estimate of drug-likeness (QED) is 0.451. The number of unbranched alkanes of at least 4 members (excludes halogenated alkanes) is 2. The zero-order valence-electron chi connectivity index (χ0n) is 18.4. The molecule has 3 heteroatoms. The first-order valence-electron chi connectivity index (χ1n) is 11.4. The first-order chi connectivity index (χ1) is 13.9. The molecule has 0 spiro atoms. The number of aliphatic hydroxyl groups excluding tert-OH is 2. The van der Waals surface area contributed by atoms with Crippen LogP contribution in [-0.4, -0.2) is 48.0 Å². The van der Waals surface area contributed by atoms with Crippen molar-refractivity contribution in [1.82, 2.24) is 4.90 Å². The van der Waals surface area contributed by atoms with E-state index >= 15 is 0 Å². The Morgan fingerprint density at radius 1 is 1.17 bits per heavy atom. The van der Waals surface area contributed by atoms with Gasteiger partial charge in [-0.2, -0.15) is 0 Å². The Balaban J connectivity index is 1.48. The van der Waals surface area contributed by atoms with Crippen LogP contribution in [-0.2, 0) is 6.42 Å². The molecule has 3 rings (SSSR count). The van der Waals surface area contributed by atoms with Gasteiger partial charge in [0.2, 0.25) is 0 Å². The van der Waals surface area contributed by atoms with E-state index in [9.17, 15) is 10.2 Å². The van der Waals surface area contributed by atoms with Crippen LogP contribution >= 0.6 is 0 Å². The average Bonchev–Trinajstić information content (AvgIpc) is 3.18. The van der Waals surface area contributed by atoms with E-state index in [0.29, 0.717) is 18.3 Å². The maximum atomic E-state index is 10.6. The van der Waals surface area contributed by atoms with Gasteiger partial charge < -0.3 is 15.1 Å². The summed E-state index contributed by atoms with van der Waals surface area (Å²) in [6, 6.07) is 8.22. The van der Waals surface area contributed by atoms with Gasteiger partial charge in [0.25, 0.3) is 0 Å². The highest BCUT2D eigenvalue weighted by molar-refractivity contribution is 5.27. The molecule has 0 saturated heterocycles. The normalized spacial score (nSPS) is 27.6. The van der Waals surface area contributed by atoms with Gasteiger partial charge in [-0.3, -0.25) is 0 Å². The second-order valence-corrected chi connectivity index (χ2v) is 9.43. The molecule has 0 radical (unpaired) electrons. The van der Waals surface area contributed by atoms with Crippen LogP contribution in [0.1, 0.15) is 49.7 Å². The van der Waals surface area contributed by atoms with Gasteiger partial charge in [-0.25, -0.2) is 0 Å². The highest BCUT2D eigenvalue weighted by atomic mass is 16.3. The van der Waals surface area contributed by atoms with Crippen LogP contribution in [0, 0.1) is 24.7 Å². The molecule has 0 aromatic heterocycles. The Labute approximate surface area is 177 Å². The van der Waals surface area contributed by atoms with Gasteiger partial charge in [0.15, 0.2) is 0 Å². The van der Waals surface area contributed by atoms with Gasteiger partial charge in [0, 0.05) is 12.3 Å². The lowest BCUT2D eigenvalue weighted by Gasteiger charge is -2.19. The van der Waals surface area contributed by atoms with Crippen LogP contribution in [0.25, 0.3) is 0 Å². The molecule has 2 aliphatic rings. The molecule has 2 N–H and O–H groups in total. The van der Waals surface area contributed by atoms with Gasteiger partial charge in [-0.15, -0.1) is 0 Å². The van der Waals surface area contributed by atoms with Crippen molar-refractivity contribution < 1.29 is 10.2 Å². The average molecular weight is 398 g/mol. The van der Waals surface area contributed by atoms with E-state index in [4.69, 9.17) is 0 Å². The lowest BCUT2D eigenvalue weighted by molar-refractivity contribution is 0.140. The van der Waals surface area contributed by atoms with Crippen LogP contribution in [0.4, 0.5) is 0 Å². The number of benzene rings is 1. The van der Waals surface area contributed by atoms with Crippen LogP contribution < -0.4 is 0 Å². The second kappa shape index (κ2) is 10.6. The van der Waals surface area contributed by atoms with Crippen LogP contribution in [0.3, 0.4) is 0 Å². The fraction of sp³-hybridized carbons (Fsp3) is 0.615. The summed E-state index contributed by atoms with van der Waals surface area (Å²) < 4.78 is 0. The molecule has 0 aliphatic heterocycles. The lowest BCUT2D eigenvalue weighted by Crippen LogP contribution is -2.18. The number of hydrogen-bond acceptors (Lipinski definition) is 3. The summed E-state index contributed by atoms with van der Waals surface area (Å²) in [7, 11) is 4.27. The van der Waals surface area contributed by atoms with E-state index in [1.165, 1.54) is 43.4 Å². The maximum Gasteiger partial charge on any atom is 0.0761 e. The van der Waals surface area contributed by atoms with E-state index in [1.54, 1.807) is 5.57 Å². The number of nitrogens with zero attached hydrogens (tertiary/aromatic N) is 1. The standard InChI is InChI=1S/C26H39NO2/c1-19-9-6-7-11-21(19)17-23(28)12-13-24-25-16-20(15-22(25)18-26(24)29)10-5-4-8-14-27(2)3/h6-7,9,11-13,15,22-26,28-29H,4-5,8,10,14,16-18H2,1-3H3/b13-12+/t22-,23-,24+,25-,26+/m0/s1. The minimum absolute atomic E-state index is 0.175. The largest absolute Gasteiger partial charge is 0.392 e. The third-order valence-corrected chi connectivity index (χ3v) is 6.80. The van der Waals surface area contributed by atoms with Crippen molar-refractivity contribution in [1.29, 1.82) is 0 Å². The minimum Gasteiger partial charge on any atom is -0.392 e. The molecule has 0 bridgehead atoms. The zero-order chi connectivity index (χ0) is 20.8. The molecule has 29 heavy (non-hydrogen) atoms. The molecule has 0 unspecified atom stereocenters. The minimum atomic E-state index is -0.493. The molecule has 1 saturated carbocycles. The molecule has 2 aliphatic carbocycles. The monoisotopic (exact) mass is 397 g/mol. The molecule has 0 heterocycles. The molecular weight excluding hydrogens is 358 g/mol. The van der Waals surface area contributed by atoms with Crippen molar-refractivity contribution in [3.05, 3.63) is 59.2 Å². The van der Waals surface area contributed by atoms with Crippen molar-refractivity contribution in [3.63, 3.8) is 0 Å². The fourth-order valence-corrected chi connectivity index (χ4v) is 5.14. The summed E-state index contributed by atoms with van der Waals surface area (Å²) in [5.74, 6) is 1.21. The van der Waals surface area contributed by atoms with Crippen LogP contribution in [0.15, 0.2) is 48.1 Å². The van der Waals surface area contributed by atoms with E-state index in [2.05, 4.69) is 50.2 Å². The summed E-state index contributed by atoms with van der Waals surface area (Å²) in [5.41, 5.74) is 4.00. The van der Waals surface area contributed by atoms with E-state index in [0.717, 1.165) is 12.8 Å². The van der Waals surface area contributed by atoms with Gasteiger partial charge in [0.05, 0.1) is 12.2 Å². The summed E-state index contributed by atoms with van der Waals surface area (Å²) in [6.07, 6.45) is 13.4. The highest BCUT2D eigenvalue weighted by Gasteiger charge is 2.43. The van der Waals surface area contributed by atoms with Crippen molar-refractivity contribution in [3.8, 4) is 0 Å². The molecule has 3 nitrogen and oxygen atoms in total. The van der Waals surface area contributed by atoms with Gasteiger partial charge in [0.1, 0.15) is 0 Å². The molecule has 1 aromatic rings. The number of fused-ring (bicyclic) bond motifs is 1. The zero-order valence-corrected chi connectivity index (χ0v) is 18.4. The Morgan fingerprint density at radius 2 is 1.97 bits per heavy atom. The first-order valence-corrected chi connectivity index (χ1v) is 11.4. The van der Waals surface area contributed by atoms with Crippen LogP contribution in [0.5, 0.6) is 0 Å². The molecule has 1 aromatic carbocycles. The highest BCUT2D eigenvalue weighted by Crippen LogP contribution is 2.48. The topological polar surface area (TPSA) is 43.7 Å². The second-order valence-electron chi connectivity index (χ2n) is 9.43. The van der Waals surface area contributed by atoms with Gasteiger partial charge in [-0.1, -0.05) is 54.5 Å². The third kappa shape index (κ3) is 6.28. The van der Waals surface area contributed by atoms with Crippen molar-refractivity contribution >= 4 is 0 Å². The van der Waals surface area contributed by atoms with E-state index in [-0.39, 0.29) is 12.0 Å². The third-order valence-electron chi connectivity index (χ3n) is 6.80. The van der Waals surface area contributed by atoms with Gasteiger partial charge in [-0.05, 0) is 82.6 Å². The number of rotatable bonds is 10. The summed E-state index contributed by atoms with van der Waals surface area (Å²) in [5, 5.41) is 21.0. The van der Waals surface area contributed by atoms with Crippen LogP contribution in [0.2, 0.25) is 0 Å². The molecule has 1 fully saturated rings. The molecule has 160 valence electrons. The number of hydrogen-bond donors (Lipinski definition) is 2. The van der Waals surface area contributed by atoms with Crippen molar-refractivity contribution in [2.24, 2.45) is 17.8 Å². The van der Waals surface area contributed by atoms with E-state index < -0.39 is 6.10 Å².